The molecular weight excluding hydrogens is 164 g/mol. The van der Waals surface area contributed by atoms with Crippen LogP contribution < -0.4 is 5.73 Å². The molecule has 2 aromatic heterocycles. The maximum atomic E-state index is 5.68. The van der Waals surface area contributed by atoms with E-state index in [1.165, 1.54) is 0 Å². The summed E-state index contributed by atoms with van der Waals surface area (Å²) in [6, 6.07) is 5.70. The van der Waals surface area contributed by atoms with Crippen molar-refractivity contribution >= 4 is 5.82 Å². The van der Waals surface area contributed by atoms with Crippen molar-refractivity contribution in [2.45, 2.75) is 6.54 Å². The molecule has 0 aliphatic rings. The third-order valence-corrected chi connectivity index (χ3v) is 1.82. The number of pyridine rings is 1. The predicted octanol–water partition coefficient (Wildman–Crippen LogP) is 0.909. The zero-order chi connectivity index (χ0) is 9.10. The van der Waals surface area contributed by atoms with Crippen molar-refractivity contribution in [3.63, 3.8) is 0 Å². The second-order valence-electron chi connectivity index (χ2n) is 2.75. The van der Waals surface area contributed by atoms with Crippen LogP contribution in [-0.4, -0.2) is 14.8 Å². The first-order valence-electron chi connectivity index (χ1n) is 4.03. The zero-order valence-electron chi connectivity index (χ0n) is 7.09. The summed E-state index contributed by atoms with van der Waals surface area (Å²) in [6.45, 7) is 0.673. The van der Waals surface area contributed by atoms with Gasteiger partial charge in [0.2, 0.25) is 0 Å². The van der Waals surface area contributed by atoms with E-state index in [0.29, 0.717) is 12.4 Å². The highest BCUT2D eigenvalue weighted by Gasteiger charge is 1.99. The Bertz CT molecular complexity index is 380. The Balaban J connectivity index is 2.24. The van der Waals surface area contributed by atoms with Crippen molar-refractivity contribution in [2.75, 3.05) is 5.73 Å². The molecular formula is C9H10N4. The van der Waals surface area contributed by atoms with Gasteiger partial charge in [0.1, 0.15) is 5.82 Å². The topological polar surface area (TPSA) is 56.7 Å². The Kier molecular flexibility index (Phi) is 1.96. The molecule has 0 saturated heterocycles. The lowest BCUT2D eigenvalue weighted by Crippen LogP contribution is -2.04. The number of rotatable bonds is 2. The molecule has 2 aromatic rings. The van der Waals surface area contributed by atoms with E-state index in [9.17, 15) is 0 Å². The lowest BCUT2D eigenvalue weighted by Gasteiger charge is -2.03. The molecule has 0 atom stereocenters. The van der Waals surface area contributed by atoms with E-state index in [-0.39, 0.29) is 0 Å². The van der Waals surface area contributed by atoms with Crippen molar-refractivity contribution in [2.24, 2.45) is 0 Å². The highest BCUT2D eigenvalue weighted by molar-refractivity contribution is 5.38. The van der Waals surface area contributed by atoms with E-state index in [2.05, 4.69) is 10.1 Å². The van der Waals surface area contributed by atoms with Gasteiger partial charge >= 0.3 is 0 Å². The molecule has 13 heavy (non-hydrogen) atoms. The molecule has 2 rings (SSSR count). The summed E-state index contributed by atoms with van der Waals surface area (Å²) in [4.78, 5) is 4.00. The average molecular weight is 174 g/mol. The van der Waals surface area contributed by atoms with Crippen molar-refractivity contribution in [3.8, 4) is 0 Å². The van der Waals surface area contributed by atoms with Gasteiger partial charge in [-0.1, -0.05) is 6.07 Å². The number of hydrogen-bond donors (Lipinski definition) is 1. The minimum Gasteiger partial charge on any atom is -0.383 e. The van der Waals surface area contributed by atoms with Gasteiger partial charge in [-0.15, -0.1) is 0 Å². The third-order valence-electron chi connectivity index (χ3n) is 1.82. The Morgan fingerprint density at radius 1 is 1.31 bits per heavy atom. The minimum atomic E-state index is 0.568. The quantitative estimate of drug-likeness (QED) is 0.736. The van der Waals surface area contributed by atoms with Gasteiger partial charge in [-0.05, 0) is 12.1 Å². The van der Waals surface area contributed by atoms with Crippen LogP contribution in [0, 0.1) is 0 Å². The van der Waals surface area contributed by atoms with Gasteiger partial charge < -0.3 is 5.73 Å². The summed E-state index contributed by atoms with van der Waals surface area (Å²) < 4.78 is 1.81. The summed E-state index contributed by atoms with van der Waals surface area (Å²) in [5.74, 6) is 0.568. The first-order chi connectivity index (χ1) is 6.36. The molecule has 66 valence electrons. The van der Waals surface area contributed by atoms with E-state index in [4.69, 9.17) is 5.73 Å². The van der Waals surface area contributed by atoms with Crippen LogP contribution in [0.2, 0.25) is 0 Å². The van der Waals surface area contributed by atoms with Crippen LogP contribution in [0.4, 0.5) is 5.82 Å². The Hall–Kier alpha value is -1.84. The van der Waals surface area contributed by atoms with Crippen molar-refractivity contribution in [3.05, 3.63) is 42.4 Å². The molecule has 0 spiro atoms. The number of anilines is 1. The van der Waals surface area contributed by atoms with Crippen LogP contribution in [-0.2, 0) is 6.54 Å². The monoisotopic (exact) mass is 174 g/mol. The number of hydrogen-bond acceptors (Lipinski definition) is 3. The van der Waals surface area contributed by atoms with Gasteiger partial charge in [0.05, 0.1) is 6.54 Å². The first kappa shape index (κ1) is 7.79. The molecule has 4 heteroatoms. The fraction of sp³-hybridized carbons (Fsp3) is 0.111. The average Bonchev–Trinajstić information content (AvgIpc) is 2.61. The molecule has 0 aromatic carbocycles. The predicted molar refractivity (Wildman–Crippen MR) is 50.0 cm³/mol. The second-order valence-corrected chi connectivity index (χ2v) is 2.75. The molecule has 4 nitrogen and oxygen atoms in total. The van der Waals surface area contributed by atoms with E-state index >= 15 is 0 Å². The molecule has 0 amide bonds. The molecule has 0 fully saturated rings. The molecule has 0 aliphatic heterocycles. The molecule has 2 heterocycles. The summed E-state index contributed by atoms with van der Waals surface area (Å²) in [5.41, 5.74) is 6.68. The molecule has 0 unspecified atom stereocenters. The molecule has 0 radical (unpaired) electrons. The summed E-state index contributed by atoms with van der Waals surface area (Å²) in [7, 11) is 0. The molecule has 0 aliphatic carbocycles. The van der Waals surface area contributed by atoms with E-state index < -0.39 is 0 Å². The SMILES string of the molecule is Nc1ncccc1Cn1cccn1. The van der Waals surface area contributed by atoms with Crippen LogP contribution >= 0.6 is 0 Å². The molecule has 0 saturated carbocycles. The highest BCUT2D eigenvalue weighted by atomic mass is 15.3. The summed E-state index contributed by atoms with van der Waals surface area (Å²) >= 11 is 0. The number of nitrogens with zero attached hydrogens (tertiary/aromatic N) is 3. The maximum absolute atomic E-state index is 5.68. The Morgan fingerprint density at radius 2 is 2.23 bits per heavy atom. The van der Waals surface area contributed by atoms with Crippen molar-refractivity contribution in [1.29, 1.82) is 0 Å². The van der Waals surface area contributed by atoms with Gasteiger partial charge in [0, 0.05) is 24.2 Å². The van der Waals surface area contributed by atoms with Crippen LogP contribution in [0.3, 0.4) is 0 Å². The van der Waals surface area contributed by atoms with E-state index in [1.54, 1.807) is 12.4 Å². The van der Waals surface area contributed by atoms with Crippen molar-refractivity contribution in [1.82, 2.24) is 14.8 Å². The molecule has 2 N–H and O–H groups in total. The van der Waals surface area contributed by atoms with E-state index in [1.807, 2.05) is 29.1 Å². The normalized spacial score (nSPS) is 10.2. The van der Waals surface area contributed by atoms with Gasteiger partial charge in [-0.3, -0.25) is 4.68 Å². The standard InChI is InChI=1S/C9H10N4/c10-9-8(3-1-4-11-9)7-13-6-2-5-12-13/h1-6H,7H2,(H2,10,11). The maximum Gasteiger partial charge on any atom is 0.128 e. The third kappa shape index (κ3) is 1.66. The zero-order valence-corrected chi connectivity index (χ0v) is 7.09. The van der Waals surface area contributed by atoms with E-state index in [0.717, 1.165) is 5.56 Å². The Morgan fingerprint density at radius 3 is 2.92 bits per heavy atom. The smallest absolute Gasteiger partial charge is 0.128 e. The summed E-state index contributed by atoms with van der Waals surface area (Å²) in [5, 5.41) is 4.09. The highest BCUT2D eigenvalue weighted by Crippen LogP contribution is 2.07. The lowest BCUT2D eigenvalue weighted by molar-refractivity contribution is 0.686. The van der Waals surface area contributed by atoms with Crippen LogP contribution in [0.1, 0.15) is 5.56 Å². The lowest BCUT2D eigenvalue weighted by atomic mass is 10.2. The Labute approximate surface area is 76.0 Å². The number of aromatic nitrogens is 3. The minimum absolute atomic E-state index is 0.568. The first-order valence-corrected chi connectivity index (χ1v) is 4.03. The number of nitrogens with two attached hydrogens (primary N) is 1. The number of nitrogen functional groups attached to an aromatic ring is 1. The van der Waals surface area contributed by atoms with Crippen LogP contribution in [0.15, 0.2) is 36.8 Å². The van der Waals surface area contributed by atoms with Gasteiger partial charge in [-0.25, -0.2) is 4.98 Å². The van der Waals surface area contributed by atoms with Gasteiger partial charge in [0.25, 0.3) is 0 Å². The fourth-order valence-corrected chi connectivity index (χ4v) is 1.15. The largest absolute Gasteiger partial charge is 0.383 e. The summed E-state index contributed by atoms with van der Waals surface area (Å²) in [6.07, 6.45) is 5.32. The van der Waals surface area contributed by atoms with Crippen LogP contribution in [0.25, 0.3) is 0 Å². The van der Waals surface area contributed by atoms with Crippen LogP contribution in [0.5, 0.6) is 0 Å². The van der Waals surface area contributed by atoms with Crippen molar-refractivity contribution < 1.29 is 0 Å². The second kappa shape index (κ2) is 3.26. The van der Waals surface area contributed by atoms with Gasteiger partial charge in [0.15, 0.2) is 0 Å². The van der Waals surface area contributed by atoms with Gasteiger partial charge in [-0.2, -0.15) is 5.10 Å². The molecule has 0 bridgehead atoms. The fourth-order valence-electron chi connectivity index (χ4n) is 1.15.